The van der Waals surface area contributed by atoms with Crippen LogP contribution in [0, 0.1) is 0 Å². The van der Waals surface area contributed by atoms with E-state index in [1.54, 1.807) is 11.1 Å². The molecule has 0 amide bonds. The topological polar surface area (TPSA) is 0 Å². The molecule has 0 spiro atoms. The van der Waals surface area contributed by atoms with Crippen LogP contribution >= 0.6 is 11.8 Å². The number of rotatable bonds is 3. The number of thioether (sulfide) groups is 1. The third kappa shape index (κ3) is 2.08. The van der Waals surface area contributed by atoms with Crippen LogP contribution in [0.3, 0.4) is 0 Å². The Balaban J connectivity index is 1.68. The van der Waals surface area contributed by atoms with E-state index in [-0.39, 0.29) is 0 Å². The molecule has 0 unspecified atom stereocenters. The molecular weight excluding hydrogens is 236 g/mol. The second-order valence-electron chi connectivity index (χ2n) is 4.96. The molecule has 0 bridgehead atoms. The maximum atomic E-state index is 2.40. The molecule has 0 aromatic rings. The van der Waals surface area contributed by atoms with Crippen molar-refractivity contribution in [2.75, 3.05) is 0 Å². The standard InChI is InChI=1S/C17H18S/c1-3-4-13-8-10-17(12(13)2)18-16-9-7-14-5-6-15(14)11-16/h3-6,9-10H,7-8,11H2,1-2H3/b4-3-. The van der Waals surface area contributed by atoms with Crippen molar-refractivity contribution < 1.29 is 0 Å². The fraction of sp³-hybridized carbons (Fsp3) is 0.294. The lowest BCUT2D eigenvalue weighted by Gasteiger charge is -2.22. The SMILES string of the molecule is C/C=C\C1=C(C)C(SC2=CCC3=C(C=C3)C2)=CC1. The van der Waals surface area contributed by atoms with Crippen molar-refractivity contribution in [3.8, 4) is 0 Å². The highest BCUT2D eigenvalue weighted by Crippen LogP contribution is 2.44. The quantitative estimate of drug-likeness (QED) is 0.646. The molecule has 92 valence electrons. The third-order valence-corrected chi connectivity index (χ3v) is 5.05. The van der Waals surface area contributed by atoms with Crippen molar-refractivity contribution in [1.82, 2.24) is 0 Å². The van der Waals surface area contributed by atoms with Crippen LogP contribution in [0.25, 0.3) is 0 Å². The average molecular weight is 254 g/mol. The third-order valence-electron chi connectivity index (χ3n) is 3.78. The van der Waals surface area contributed by atoms with Crippen molar-refractivity contribution in [2.45, 2.75) is 33.1 Å². The molecule has 3 rings (SSSR count). The van der Waals surface area contributed by atoms with Gasteiger partial charge in [0.15, 0.2) is 0 Å². The highest BCUT2D eigenvalue weighted by Gasteiger charge is 2.19. The van der Waals surface area contributed by atoms with Gasteiger partial charge in [0.05, 0.1) is 0 Å². The van der Waals surface area contributed by atoms with Crippen LogP contribution in [-0.4, -0.2) is 0 Å². The van der Waals surface area contributed by atoms with Gasteiger partial charge >= 0.3 is 0 Å². The van der Waals surface area contributed by atoms with Crippen LogP contribution in [-0.2, 0) is 0 Å². The van der Waals surface area contributed by atoms with Gasteiger partial charge in [-0.25, -0.2) is 0 Å². The summed E-state index contributed by atoms with van der Waals surface area (Å²) < 4.78 is 0. The zero-order valence-corrected chi connectivity index (χ0v) is 11.8. The summed E-state index contributed by atoms with van der Waals surface area (Å²) in [7, 11) is 0. The first-order chi connectivity index (χ1) is 8.78. The van der Waals surface area contributed by atoms with E-state index in [1.807, 2.05) is 11.8 Å². The lowest BCUT2D eigenvalue weighted by atomic mass is 9.89. The summed E-state index contributed by atoms with van der Waals surface area (Å²) in [5.74, 6) is 0. The van der Waals surface area contributed by atoms with Gasteiger partial charge in [0, 0.05) is 11.3 Å². The van der Waals surface area contributed by atoms with Crippen LogP contribution in [0.1, 0.15) is 33.1 Å². The minimum absolute atomic E-state index is 1.10. The Bertz CT molecular complexity index is 562. The van der Waals surface area contributed by atoms with Gasteiger partial charge in [-0.15, -0.1) is 0 Å². The van der Waals surface area contributed by atoms with Crippen LogP contribution in [0.4, 0.5) is 0 Å². The Kier molecular flexibility index (Phi) is 3.17. The van der Waals surface area contributed by atoms with E-state index in [1.165, 1.54) is 21.0 Å². The number of hydrogen-bond acceptors (Lipinski definition) is 1. The molecule has 0 radical (unpaired) electrons. The van der Waals surface area contributed by atoms with Crippen LogP contribution in [0.5, 0.6) is 0 Å². The predicted molar refractivity (Wildman–Crippen MR) is 81.3 cm³/mol. The highest BCUT2D eigenvalue weighted by atomic mass is 32.2. The minimum atomic E-state index is 1.10. The Morgan fingerprint density at radius 3 is 2.61 bits per heavy atom. The molecule has 0 saturated carbocycles. The summed E-state index contributed by atoms with van der Waals surface area (Å²) in [6, 6.07) is 0. The molecule has 3 aliphatic carbocycles. The van der Waals surface area contributed by atoms with E-state index in [2.05, 4.69) is 50.3 Å². The normalized spacial score (nSPS) is 22.3. The first kappa shape index (κ1) is 11.9. The second kappa shape index (κ2) is 4.81. The maximum Gasteiger partial charge on any atom is 0.0114 e. The van der Waals surface area contributed by atoms with E-state index < -0.39 is 0 Å². The number of allylic oxidation sites excluding steroid dienone is 11. The summed E-state index contributed by atoms with van der Waals surface area (Å²) >= 11 is 1.97. The molecular formula is C17H18S. The van der Waals surface area contributed by atoms with Gasteiger partial charge in [-0.05, 0) is 53.9 Å². The summed E-state index contributed by atoms with van der Waals surface area (Å²) in [6.45, 7) is 4.34. The van der Waals surface area contributed by atoms with Crippen molar-refractivity contribution in [3.63, 3.8) is 0 Å². The lowest BCUT2D eigenvalue weighted by molar-refractivity contribution is 1.06. The monoisotopic (exact) mass is 254 g/mol. The van der Waals surface area contributed by atoms with Crippen LogP contribution in [0.2, 0.25) is 0 Å². The zero-order chi connectivity index (χ0) is 12.5. The average Bonchev–Trinajstić information content (AvgIpc) is 2.66. The first-order valence-corrected chi connectivity index (χ1v) is 7.39. The van der Waals surface area contributed by atoms with E-state index in [4.69, 9.17) is 0 Å². The molecule has 0 saturated heterocycles. The van der Waals surface area contributed by atoms with Gasteiger partial charge in [-0.2, -0.15) is 0 Å². The Hall–Kier alpha value is -1.21. The smallest absolute Gasteiger partial charge is 0.0114 e. The maximum absolute atomic E-state index is 2.40. The molecule has 0 heterocycles. The van der Waals surface area contributed by atoms with Gasteiger partial charge in [0.25, 0.3) is 0 Å². The summed E-state index contributed by atoms with van der Waals surface area (Å²) in [5.41, 5.74) is 6.03. The largest absolute Gasteiger partial charge is 0.0946 e. The molecule has 3 aliphatic rings. The Labute approximate surface area is 114 Å². The molecule has 0 nitrogen and oxygen atoms in total. The summed E-state index contributed by atoms with van der Waals surface area (Å²) in [5, 5.41) is 0. The summed E-state index contributed by atoms with van der Waals surface area (Å²) in [4.78, 5) is 2.98. The first-order valence-electron chi connectivity index (χ1n) is 6.58. The minimum Gasteiger partial charge on any atom is -0.0946 e. The van der Waals surface area contributed by atoms with Gasteiger partial charge < -0.3 is 0 Å². The van der Waals surface area contributed by atoms with E-state index in [0.29, 0.717) is 0 Å². The van der Waals surface area contributed by atoms with Gasteiger partial charge in [0.1, 0.15) is 0 Å². The van der Waals surface area contributed by atoms with Crippen molar-refractivity contribution in [2.24, 2.45) is 0 Å². The highest BCUT2D eigenvalue weighted by molar-refractivity contribution is 8.07. The fourth-order valence-electron chi connectivity index (χ4n) is 2.57. The second-order valence-corrected chi connectivity index (χ2v) is 6.13. The van der Waals surface area contributed by atoms with Gasteiger partial charge in [-0.1, -0.05) is 48.2 Å². The number of hydrogen-bond donors (Lipinski definition) is 0. The molecule has 0 aliphatic heterocycles. The Morgan fingerprint density at radius 1 is 1.11 bits per heavy atom. The van der Waals surface area contributed by atoms with E-state index in [9.17, 15) is 0 Å². The van der Waals surface area contributed by atoms with E-state index in [0.717, 1.165) is 19.3 Å². The molecule has 0 atom stereocenters. The predicted octanol–water partition coefficient (Wildman–Crippen LogP) is 5.44. The molecule has 0 aromatic heterocycles. The Morgan fingerprint density at radius 2 is 1.94 bits per heavy atom. The molecule has 0 fully saturated rings. The zero-order valence-electron chi connectivity index (χ0n) is 11.0. The van der Waals surface area contributed by atoms with Crippen molar-refractivity contribution in [3.05, 3.63) is 68.6 Å². The fourth-order valence-corrected chi connectivity index (χ4v) is 3.70. The molecule has 0 N–H and O–H groups in total. The van der Waals surface area contributed by atoms with Gasteiger partial charge in [0.2, 0.25) is 0 Å². The lowest BCUT2D eigenvalue weighted by Crippen LogP contribution is -2.01. The molecule has 1 heteroatoms. The van der Waals surface area contributed by atoms with Crippen LogP contribution in [0.15, 0.2) is 68.6 Å². The van der Waals surface area contributed by atoms with E-state index >= 15 is 0 Å². The van der Waals surface area contributed by atoms with Crippen LogP contribution < -0.4 is 0 Å². The molecule has 0 aromatic carbocycles. The molecule has 18 heavy (non-hydrogen) atoms. The van der Waals surface area contributed by atoms with Crippen molar-refractivity contribution in [1.29, 1.82) is 0 Å². The van der Waals surface area contributed by atoms with Gasteiger partial charge in [-0.3, -0.25) is 0 Å². The summed E-state index contributed by atoms with van der Waals surface area (Å²) in [6.07, 6.45) is 17.0. The van der Waals surface area contributed by atoms with Crippen molar-refractivity contribution >= 4 is 11.8 Å².